The largest absolute Gasteiger partial charge is 0.464 e. The Morgan fingerprint density at radius 1 is 1.10 bits per heavy atom. The summed E-state index contributed by atoms with van der Waals surface area (Å²) >= 11 is 1.41. The van der Waals surface area contributed by atoms with Gasteiger partial charge in [0.15, 0.2) is 0 Å². The van der Waals surface area contributed by atoms with E-state index in [1.807, 2.05) is 32.2 Å². The topological polar surface area (TPSA) is 193 Å². The van der Waals surface area contributed by atoms with Crippen molar-refractivity contribution in [3.8, 4) is 22.5 Å². The Labute approximate surface area is 396 Å². The molecule has 0 saturated carbocycles. The second kappa shape index (κ2) is 19.7. The summed E-state index contributed by atoms with van der Waals surface area (Å²) in [7, 11) is 5.00. The molecule has 17 nitrogen and oxygen atoms in total. The van der Waals surface area contributed by atoms with Gasteiger partial charge < -0.3 is 39.4 Å². The summed E-state index contributed by atoms with van der Waals surface area (Å²) in [4.78, 5) is 84.7. The number of pyridine rings is 1. The highest BCUT2D eigenvalue weighted by atomic mass is 32.1. The highest BCUT2D eigenvalue weighted by Gasteiger charge is 2.42. The number of hydrogen-bond acceptors (Lipinski definition) is 12. The fourth-order valence-corrected chi connectivity index (χ4v) is 10.8. The Hall–Kier alpha value is -5.43. The Morgan fingerprint density at radius 3 is 2.60 bits per heavy atom. The quantitative estimate of drug-likeness (QED) is 0.146. The molecule has 3 aromatic heterocycles. The van der Waals surface area contributed by atoms with Crippen molar-refractivity contribution in [1.29, 1.82) is 0 Å². The third-order valence-electron chi connectivity index (χ3n) is 13.8. The molecule has 18 heteroatoms. The minimum absolute atomic E-state index is 0.0489. The van der Waals surface area contributed by atoms with Crippen molar-refractivity contribution >= 4 is 52.0 Å². The fraction of sp³-hybridized carbons (Fsp3) is 0.571. The van der Waals surface area contributed by atoms with Crippen LogP contribution in [0.2, 0.25) is 0 Å². The second-order valence-corrected chi connectivity index (χ2v) is 20.6. The van der Waals surface area contributed by atoms with Crippen LogP contribution in [0.1, 0.15) is 83.2 Å². The van der Waals surface area contributed by atoms with Crippen LogP contribution in [0.25, 0.3) is 33.4 Å². The Kier molecular flexibility index (Phi) is 14.1. The molecule has 5 amide bonds. The normalized spacial score (nSPS) is 22.8. The number of amides is 5. The molecule has 6 bridgehead atoms. The molecule has 6 atom stereocenters. The summed E-state index contributed by atoms with van der Waals surface area (Å²) in [5, 5.41) is 11.2. The molecule has 0 spiro atoms. The molecule has 4 aromatic rings. The fourth-order valence-electron chi connectivity index (χ4n) is 9.98. The number of hydrazine groups is 1. The third kappa shape index (κ3) is 9.94. The summed E-state index contributed by atoms with van der Waals surface area (Å²) in [6, 6.07) is 6.91. The zero-order valence-corrected chi connectivity index (χ0v) is 41.1. The van der Waals surface area contributed by atoms with Crippen LogP contribution in [0.5, 0.6) is 0 Å². The highest BCUT2D eigenvalue weighted by Crippen LogP contribution is 2.42. The minimum Gasteiger partial charge on any atom is -0.464 e. The van der Waals surface area contributed by atoms with Crippen molar-refractivity contribution in [3.63, 3.8) is 0 Å². The van der Waals surface area contributed by atoms with Crippen molar-refractivity contribution in [2.75, 3.05) is 54.0 Å². The number of rotatable bonds is 10. The number of aromatic nitrogens is 3. The van der Waals surface area contributed by atoms with Crippen molar-refractivity contribution in [2.24, 2.45) is 11.3 Å². The number of benzene rings is 1. The first-order valence-electron chi connectivity index (χ1n) is 23.6. The van der Waals surface area contributed by atoms with Crippen LogP contribution in [-0.4, -0.2) is 148 Å². The van der Waals surface area contributed by atoms with Crippen LogP contribution in [0, 0.1) is 11.3 Å². The molecule has 0 radical (unpaired) electrons. The molecule has 7 heterocycles. The number of esters is 1. The third-order valence-corrected chi connectivity index (χ3v) is 14.7. The predicted octanol–water partition coefficient (Wildman–Crippen LogP) is 4.78. The SMILES string of the molecule is CCn1c(-c2cccnc2[C@H](C)OC)c2c3cc(ccc31)-c1csc(n1)C[C@H](NC(=O)C(C(C)C)N(C)C(=O)N(C)[C@H]1CCN(C(=O)[C@@H]3CN3)C1)C(=O)N1CCC[C@H](N1)C(=O)OCC(C)(C)C2. The maximum Gasteiger partial charge on any atom is 0.324 e. The molecule has 67 heavy (non-hydrogen) atoms. The minimum atomic E-state index is -1.09. The molecule has 360 valence electrons. The van der Waals surface area contributed by atoms with E-state index in [4.69, 9.17) is 19.4 Å². The van der Waals surface area contributed by atoms with Crippen LogP contribution < -0.4 is 16.1 Å². The van der Waals surface area contributed by atoms with E-state index in [2.05, 4.69) is 65.7 Å². The van der Waals surface area contributed by atoms with E-state index in [0.717, 1.165) is 44.7 Å². The van der Waals surface area contributed by atoms with E-state index in [1.165, 1.54) is 21.2 Å². The molecule has 3 saturated heterocycles. The van der Waals surface area contributed by atoms with Gasteiger partial charge in [0.05, 0.1) is 46.9 Å². The number of fused-ring (bicyclic) bond motifs is 6. The summed E-state index contributed by atoms with van der Waals surface area (Å²) in [5.74, 6) is -1.64. The van der Waals surface area contributed by atoms with Crippen LogP contribution >= 0.6 is 11.3 Å². The number of nitrogens with zero attached hydrogens (tertiary/aromatic N) is 7. The summed E-state index contributed by atoms with van der Waals surface area (Å²) in [6.07, 6.45) is 3.83. The van der Waals surface area contributed by atoms with Gasteiger partial charge in [-0.05, 0) is 75.3 Å². The number of cyclic esters (lactones) is 1. The van der Waals surface area contributed by atoms with E-state index < -0.39 is 41.3 Å². The molecule has 3 N–H and O–H groups in total. The average Bonchev–Trinajstić information content (AvgIpc) is 3.72. The van der Waals surface area contributed by atoms with Crippen molar-refractivity contribution in [2.45, 2.75) is 117 Å². The average molecular weight is 939 g/mol. The lowest BCUT2D eigenvalue weighted by Crippen LogP contribution is -2.62. The number of hydrogen-bond donors (Lipinski definition) is 3. The molecule has 4 aliphatic heterocycles. The molecule has 3 fully saturated rings. The van der Waals surface area contributed by atoms with Gasteiger partial charge in [-0.15, -0.1) is 11.3 Å². The number of carbonyl (C=O) groups is 5. The Bertz CT molecular complexity index is 2520. The number of likely N-dealkylation sites (N-methyl/N-ethyl adjacent to an activating group) is 2. The maximum absolute atomic E-state index is 14.7. The van der Waals surface area contributed by atoms with E-state index in [9.17, 15) is 24.0 Å². The summed E-state index contributed by atoms with van der Waals surface area (Å²) in [6.45, 7) is 14.9. The van der Waals surface area contributed by atoms with Gasteiger partial charge in [0, 0.05) is 99.4 Å². The number of urea groups is 1. The van der Waals surface area contributed by atoms with Gasteiger partial charge in [0.2, 0.25) is 11.8 Å². The first kappa shape index (κ1) is 48.0. The molecular weight excluding hydrogens is 873 g/mol. The molecule has 0 aliphatic carbocycles. The number of ether oxygens (including phenoxy) is 2. The summed E-state index contributed by atoms with van der Waals surface area (Å²) in [5.41, 5.74) is 9.28. The van der Waals surface area contributed by atoms with Crippen LogP contribution in [0.15, 0.2) is 41.9 Å². The van der Waals surface area contributed by atoms with Crippen molar-refractivity contribution in [3.05, 3.63) is 58.2 Å². The van der Waals surface area contributed by atoms with Crippen molar-refractivity contribution in [1.82, 2.24) is 50.3 Å². The van der Waals surface area contributed by atoms with Crippen molar-refractivity contribution < 1.29 is 33.4 Å². The van der Waals surface area contributed by atoms with Gasteiger partial charge in [0.1, 0.15) is 18.1 Å². The number of aryl methyl sites for hydroxylation is 1. The van der Waals surface area contributed by atoms with Crippen LogP contribution in [-0.2, 0) is 48.0 Å². The number of thiazole rings is 1. The Morgan fingerprint density at radius 2 is 1.88 bits per heavy atom. The van der Waals surface area contributed by atoms with Gasteiger partial charge in [-0.2, -0.15) is 0 Å². The first-order valence-corrected chi connectivity index (χ1v) is 24.5. The summed E-state index contributed by atoms with van der Waals surface area (Å²) < 4.78 is 14.2. The lowest BCUT2D eigenvalue weighted by atomic mass is 9.84. The van der Waals surface area contributed by atoms with E-state index >= 15 is 0 Å². The number of nitrogens with one attached hydrogen (secondary N) is 3. The smallest absolute Gasteiger partial charge is 0.324 e. The van der Waals surface area contributed by atoms with Gasteiger partial charge >= 0.3 is 12.0 Å². The molecule has 8 rings (SSSR count). The van der Waals surface area contributed by atoms with Gasteiger partial charge in [0.25, 0.3) is 5.91 Å². The highest BCUT2D eigenvalue weighted by molar-refractivity contribution is 7.10. The molecule has 4 aliphatic rings. The van der Waals surface area contributed by atoms with Gasteiger partial charge in [-0.1, -0.05) is 33.8 Å². The Balaban J connectivity index is 1.13. The monoisotopic (exact) mass is 938 g/mol. The first-order chi connectivity index (χ1) is 32.0. The number of likely N-dealkylation sites (tertiary alicyclic amines) is 1. The molecule has 1 unspecified atom stereocenters. The zero-order chi connectivity index (χ0) is 47.9. The molecule has 1 aromatic carbocycles. The standard InChI is InChI=1S/C49H66N10O7S/c1-10-58-39-16-15-30-21-33(39)34(43(58)32-13-11-18-50-41(32)29(4)65-9)23-49(5,6)27-66-47(63)35-14-12-19-59(54-35)46(62)36(22-40-52-38(30)26-67-40)53-44(60)42(28(2)3)56(8)48(64)55(7)31-17-20-57(25-31)45(61)37-24-51-37/h11,13,15-16,18,21,26,28-29,31,35-37,42,51,54H,10,12,14,17,19-20,22-25,27H2,1-9H3,(H,53,60)/t29-,31-,35-,36-,37-,42?/m0/s1. The van der Waals surface area contributed by atoms with E-state index in [0.29, 0.717) is 63.4 Å². The van der Waals surface area contributed by atoms with Gasteiger partial charge in [-0.3, -0.25) is 29.2 Å². The van der Waals surface area contributed by atoms with Crippen LogP contribution in [0.3, 0.4) is 0 Å². The maximum atomic E-state index is 14.7. The molecular formula is C49H66N10O7S. The zero-order valence-electron chi connectivity index (χ0n) is 40.3. The number of carbonyl (C=O) groups excluding carboxylic acids is 5. The second-order valence-electron chi connectivity index (χ2n) is 19.7. The predicted molar refractivity (Wildman–Crippen MR) is 256 cm³/mol. The number of methoxy groups -OCH3 is 1. The lowest BCUT2D eigenvalue weighted by Gasteiger charge is -2.37. The van der Waals surface area contributed by atoms with Gasteiger partial charge in [-0.25, -0.2) is 15.2 Å². The van der Waals surface area contributed by atoms with Crippen LogP contribution in [0.4, 0.5) is 4.79 Å². The van der Waals surface area contributed by atoms with E-state index in [-0.39, 0.29) is 49.1 Å². The van der Waals surface area contributed by atoms with E-state index in [1.54, 1.807) is 37.2 Å². The lowest BCUT2D eigenvalue weighted by molar-refractivity contribution is -0.155.